The number of rotatable bonds is 22. The zero-order chi connectivity index (χ0) is 74.0. The lowest BCUT2D eigenvalue weighted by molar-refractivity contribution is 0.0516. The maximum Gasteiger partial charge on any atom is 0.341 e. The van der Waals surface area contributed by atoms with Crippen LogP contribution in [0.2, 0.25) is 0 Å². The van der Waals surface area contributed by atoms with E-state index in [9.17, 15) is 19.2 Å². The first-order valence-electron chi connectivity index (χ1n) is 35.5. The number of carbonyl (C=O) groups excluding carboxylic acids is 4. The summed E-state index contributed by atoms with van der Waals surface area (Å²) in [7, 11) is 0. The number of esters is 4. The van der Waals surface area contributed by atoms with Crippen molar-refractivity contribution >= 4 is 71.0 Å². The minimum atomic E-state index is -0.555. The Morgan fingerprint density at radius 3 is 0.676 bits per heavy atom. The number of hydrogen-bond donors (Lipinski definition) is 8. The first kappa shape index (κ1) is 69.3. The minimum Gasteiger partial charge on any atom is -0.462 e. The summed E-state index contributed by atoms with van der Waals surface area (Å²) < 4.78 is 23.0. The fourth-order valence-electron chi connectivity index (χ4n) is 13.5. The van der Waals surface area contributed by atoms with Crippen LogP contribution in [0.1, 0.15) is 115 Å². The molecule has 0 atom stereocenters. The van der Waals surface area contributed by atoms with Crippen LogP contribution in [0.3, 0.4) is 0 Å². The van der Waals surface area contributed by atoms with Crippen LogP contribution in [-0.2, 0) is 18.9 Å². The van der Waals surface area contributed by atoms with Crippen molar-refractivity contribution in [2.75, 3.05) is 26.4 Å². The number of carbonyl (C=O) groups is 4. The number of aromatic nitrogens is 8. The molecule has 4 aliphatic heterocycles. The molecule has 0 fully saturated rings. The van der Waals surface area contributed by atoms with Gasteiger partial charge in [-0.15, -0.1) is 0 Å². The highest BCUT2D eigenvalue weighted by Gasteiger charge is 2.38. The lowest BCUT2D eigenvalue weighted by atomic mass is 9.95. The molecule has 0 saturated heterocycles. The highest BCUT2D eigenvalue weighted by Crippen LogP contribution is 2.46. The van der Waals surface area contributed by atoms with Gasteiger partial charge in [-0.1, -0.05) is 121 Å². The lowest BCUT2D eigenvalue weighted by Gasteiger charge is -2.10. The Kier molecular flexibility index (Phi) is 20.1. The standard InChI is InChI=1S/2C44H36N6O4/c2*1-3-53-43(51)37-35(27-13-7-5-8-14-27)39(33-21-19-31(47-33)25-29-17-11-23-45-29)49-41(37)42-38(44(52)54-4-2)36(28-15-9-6-10-16-28)40(50-42)34-22-20-32(48-34)26-30-18-12-24-46-30/h2*5-26,45-46,49-50H,3-4H2,1-2H3/b2*31-25-,32-26-. The van der Waals surface area contributed by atoms with E-state index in [1.54, 1.807) is 27.7 Å². The number of aliphatic imine (C=N–C) groups is 4. The molecule has 0 saturated carbocycles. The van der Waals surface area contributed by atoms with Crippen molar-refractivity contribution in [3.63, 3.8) is 0 Å². The molecule has 12 heterocycles. The number of aromatic amines is 8. The highest BCUT2D eigenvalue weighted by atomic mass is 16.5. The number of H-pyrrole nitrogens is 8. The van der Waals surface area contributed by atoms with Gasteiger partial charge in [0.1, 0.15) is 0 Å². The largest absolute Gasteiger partial charge is 0.462 e. The highest BCUT2D eigenvalue weighted by molar-refractivity contribution is 6.24. The van der Waals surface area contributed by atoms with Crippen molar-refractivity contribution < 1.29 is 38.1 Å². The Morgan fingerprint density at radius 1 is 0.278 bits per heavy atom. The number of ether oxygens (including phenoxy) is 4. The lowest BCUT2D eigenvalue weighted by Crippen LogP contribution is -2.10. The molecule has 8 N–H and O–H groups in total. The molecule has 0 unspecified atom stereocenters. The van der Waals surface area contributed by atoms with Crippen molar-refractivity contribution in [3.8, 4) is 67.3 Å². The van der Waals surface area contributed by atoms with Crippen molar-refractivity contribution in [3.05, 3.63) is 334 Å². The molecule has 20 heteroatoms. The molecule has 0 radical (unpaired) electrons. The maximum absolute atomic E-state index is 14.3. The van der Waals surface area contributed by atoms with Crippen molar-refractivity contribution in [2.45, 2.75) is 27.7 Å². The summed E-state index contributed by atoms with van der Waals surface area (Å²) in [6.45, 7) is 7.64. The average molecular weight is 1430 g/mol. The van der Waals surface area contributed by atoms with Crippen LogP contribution < -0.4 is 0 Å². The van der Waals surface area contributed by atoms with Gasteiger partial charge in [0.2, 0.25) is 0 Å². The van der Waals surface area contributed by atoms with Crippen LogP contribution in [-0.4, -0.2) is 113 Å². The Balaban J connectivity index is 0.000000172. The third-order valence-corrected chi connectivity index (χ3v) is 18.0. The predicted molar refractivity (Wildman–Crippen MR) is 425 cm³/mol. The van der Waals surface area contributed by atoms with Gasteiger partial charge in [0.25, 0.3) is 0 Å². The van der Waals surface area contributed by atoms with E-state index in [-0.39, 0.29) is 48.7 Å². The van der Waals surface area contributed by atoms with Crippen LogP contribution in [0.25, 0.3) is 91.6 Å². The van der Waals surface area contributed by atoms with E-state index in [1.807, 2.05) is 268 Å². The van der Waals surface area contributed by atoms with Crippen molar-refractivity contribution in [1.29, 1.82) is 0 Å². The maximum atomic E-state index is 14.3. The summed E-state index contributed by atoms with van der Waals surface area (Å²) in [5.74, 6) is -2.22. The van der Waals surface area contributed by atoms with Crippen LogP contribution >= 0.6 is 0 Å². The summed E-state index contributed by atoms with van der Waals surface area (Å²) >= 11 is 0. The second-order valence-electron chi connectivity index (χ2n) is 24.9. The summed E-state index contributed by atoms with van der Waals surface area (Å²) in [6, 6.07) is 54.0. The predicted octanol–water partition coefficient (Wildman–Crippen LogP) is 18.3. The zero-order valence-corrected chi connectivity index (χ0v) is 59.3. The second kappa shape index (κ2) is 31.3. The van der Waals surface area contributed by atoms with Crippen LogP contribution in [0.4, 0.5) is 0 Å². The Labute approximate surface area is 621 Å². The van der Waals surface area contributed by atoms with Crippen LogP contribution in [0.15, 0.2) is 286 Å². The molecule has 0 amide bonds. The third-order valence-electron chi connectivity index (χ3n) is 18.0. The fourth-order valence-corrected chi connectivity index (χ4v) is 13.5. The van der Waals surface area contributed by atoms with Crippen molar-refractivity contribution in [1.82, 2.24) is 39.9 Å². The van der Waals surface area contributed by atoms with Gasteiger partial charge < -0.3 is 58.8 Å². The van der Waals surface area contributed by atoms with Gasteiger partial charge in [0, 0.05) is 69.8 Å². The van der Waals surface area contributed by atoms with E-state index in [0.29, 0.717) is 90.7 Å². The van der Waals surface area contributed by atoms with Gasteiger partial charge >= 0.3 is 23.9 Å². The molecule has 12 aromatic rings. The normalized spacial score (nSPS) is 14.9. The second-order valence-corrected chi connectivity index (χ2v) is 24.9. The van der Waals surface area contributed by atoms with Crippen molar-refractivity contribution in [2.24, 2.45) is 20.0 Å². The summed E-state index contributed by atoms with van der Waals surface area (Å²) in [5, 5.41) is 0. The van der Waals surface area contributed by atoms with Gasteiger partial charge in [-0.2, -0.15) is 0 Å². The number of hydrogen-bond acceptors (Lipinski definition) is 12. The van der Waals surface area contributed by atoms with E-state index in [2.05, 4.69) is 39.9 Å². The van der Waals surface area contributed by atoms with Crippen LogP contribution in [0, 0.1) is 0 Å². The number of allylic oxidation sites excluding steroid dienone is 8. The molecule has 108 heavy (non-hydrogen) atoms. The zero-order valence-electron chi connectivity index (χ0n) is 59.3. The van der Waals surface area contributed by atoms with Crippen LogP contribution in [0.5, 0.6) is 0 Å². The molecule has 20 nitrogen and oxygen atoms in total. The smallest absolute Gasteiger partial charge is 0.341 e. The summed E-state index contributed by atoms with van der Waals surface area (Å²) in [4.78, 5) is 104. The molecular weight excluding hydrogens is 1350 g/mol. The molecular formula is C88H72N12O8. The molecule has 0 spiro atoms. The molecule has 0 aliphatic carbocycles. The van der Waals surface area contributed by atoms with E-state index >= 15 is 0 Å². The molecule has 8 aromatic heterocycles. The first-order chi connectivity index (χ1) is 53.0. The SMILES string of the molecule is CCOC(=O)c1c(-c2[nH]c(C3=N/C(=C\c4ccc[nH]4)C=C3)c(-c3ccccc3)c2C(=O)OCC)[nH]c(C2=N/C(=C\c3ccc[nH]3)C=C2)c1-c1ccccc1.CCOC(=O)c1c(-c2[nH]c(C3=N/C(=C\c4ccc[nH]4)C=C3)c(-c3ccccc3)c2C(=O)OCC)[nH]c(C2=N/C(=C\c3ccc[nH]3)C=C2)c1-c1ccccc1. The molecule has 4 aromatic carbocycles. The monoisotopic (exact) mass is 1420 g/mol. The summed E-state index contributed by atoms with van der Waals surface area (Å²) in [5.41, 5.74) is 19.2. The van der Waals surface area contributed by atoms with E-state index < -0.39 is 23.9 Å². The minimum absolute atomic E-state index is 0.143. The van der Waals surface area contributed by atoms with Gasteiger partial charge in [0.05, 0.1) is 140 Å². The van der Waals surface area contributed by atoms with Gasteiger partial charge in [0.15, 0.2) is 0 Å². The van der Waals surface area contributed by atoms with E-state index in [0.717, 1.165) is 67.8 Å². The number of nitrogens with zero attached hydrogens (tertiary/aromatic N) is 4. The molecule has 0 bridgehead atoms. The topological polar surface area (TPSA) is 281 Å². The van der Waals surface area contributed by atoms with Gasteiger partial charge in [-0.05, 0) is 171 Å². The number of nitrogens with one attached hydrogen (secondary N) is 8. The number of benzene rings is 4. The van der Waals surface area contributed by atoms with E-state index in [4.69, 9.17) is 38.9 Å². The van der Waals surface area contributed by atoms with E-state index in [1.165, 1.54) is 0 Å². The van der Waals surface area contributed by atoms with Gasteiger partial charge in [-0.3, -0.25) is 0 Å². The Hall–Kier alpha value is -14.4. The molecule has 532 valence electrons. The quantitative estimate of drug-likeness (QED) is 0.0238. The fraction of sp³-hybridized carbons (Fsp3) is 0.0909. The first-order valence-corrected chi connectivity index (χ1v) is 35.5. The molecule has 4 aliphatic rings. The molecule has 16 rings (SSSR count). The Morgan fingerprint density at radius 2 is 0.491 bits per heavy atom. The third kappa shape index (κ3) is 14.3. The average Bonchev–Trinajstić information content (AvgIpc) is 1.58. The summed E-state index contributed by atoms with van der Waals surface area (Å²) in [6.07, 6.45) is 30.5. The Bertz CT molecular complexity index is 5050. The van der Waals surface area contributed by atoms with Gasteiger partial charge in [-0.25, -0.2) is 39.1 Å².